The number of carboxylic acid groups (broad SMARTS) is 1. The molecule has 1 saturated carbocycles. The monoisotopic (exact) mass is 331 g/mol. The standard InChI is InChI=1S/C19H29N3O2/c1-14-12-16(9-10-18(23)24)21-19(20-14)15-6-5-11-22(13-15)17-7-3-2-4-8-17/h12,15,17H,2-11,13H2,1H3,(H,23,24). The minimum atomic E-state index is -0.769. The summed E-state index contributed by atoms with van der Waals surface area (Å²) in [4.78, 5) is 22.9. The van der Waals surface area contributed by atoms with E-state index in [4.69, 9.17) is 10.1 Å². The van der Waals surface area contributed by atoms with Crippen LogP contribution in [0.15, 0.2) is 6.07 Å². The molecule has 0 amide bonds. The minimum Gasteiger partial charge on any atom is -0.481 e. The maximum atomic E-state index is 10.8. The molecule has 1 unspecified atom stereocenters. The minimum absolute atomic E-state index is 0.134. The van der Waals surface area contributed by atoms with E-state index in [0.29, 0.717) is 12.3 Å². The molecule has 2 heterocycles. The molecule has 2 fully saturated rings. The zero-order valence-corrected chi connectivity index (χ0v) is 14.7. The van der Waals surface area contributed by atoms with Crippen molar-refractivity contribution < 1.29 is 9.90 Å². The molecule has 0 spiro atoms. The number of rotatable bonds is 5. The van der Waals surface area contributed by atoms with Crippen LogP contribution in [0.1, 0.15) is 74.5 Å². The first-order valence-corrected chi connectivity index (χ1v) is 9.42. The number of aliphatic carboxylic acids is 1. The summed E-state index contributed by atoms with van der Waals surface area (Å²) in [6.07, 6.45) is 9.78. The molecule has 1 aromatic rings. The third-order valence-electron chi connectivity index (χ3n) is 5.43. The molecule has 0 aromatic carbocycles. The highest BCUT2D eigenvalue weighted by atomic mass is 16.4. The van der Waals surface area contributed by atoms with Crippen LogP contribution in [0.3, 0.4) is 0 Å². The van der Waals surface area contributed by atoms with E-state index in [1.165, 1.54) is 45.1 Å². The van der Waals surface area contributed by atoms with Gasteiger partial charge in [0.05, 0.1) is 6.42 Å². The van der Waals surface area contributed by atoms with E-state index in [-0.39, 0.29) is 6.42 Å². The average Bonchev–Trinajstić information content (AvgIpc) is 2.60. The average molecular weight is 331 g/mol. The van der Waals surface area contributed by atoms with Gasteiger partial charge in [0.25, 0.3) is 0 Å². The van der Waals surface area contributed by atoms with Gasteiger partial charge in [0, 0.05) is 36.3 Å². The Hall–Kier alpha value is -1.49. The molecule has 2 aliphatic rings. The lowest BCUT2D eigenvalue weighted by molar-refractivity contribution is -0.136. The molecule has 3 rings (SSSR count). The second-order valence-corrected chi connectivity index (χ2v) is 7.38. The van der Waals surface area contributed by atoms with Gasteiger partial charge >= 0.3 is 5.97 Å². The van der Waals surface area contributed by atoms with Crippen LogP contribution in [-0.2, 0) is 11.2 Å². The quantitative estimate of drug-likeness (QED) is 0.896. The van der Waals surface area contributed by atoms with Crippen molar-refractivity contribution in [2.75, 3.05) is 13.1 Å². The first-order chi connectivity index (χ1) is 11.6. The largest absolute Gasteiger partial charge is 0.481 e. The van der Waals surface area contributed by atoms with Gasteiger partial charge in [-0.2, -0.15) is 0 Å². The number of aromatic nitrogens is 2. The van der Waals surface area contributed by atoms with Gasteiger partial charge in [-0.3, -0.25) is 9.69 Å². The zero-order chi connectivity index (χ0) is 16.9. The van der Waals surface area contributed by atoms with Crippen LogP contribution in [0.4, 0.5) is 0 Å². The Balaban J connectivity index is 1.69. The highest BCUT2D eigenvalue weighted by molar-refractivity contribution is 5.66. The van der Waals surface area contributed by atoms with Crippen LogP contribution in [0, 0.1) is 6.92 Å². The van der Waals surface area contributed by atoms with E-state index >= 15 is 0 Å². The molecular weight excluding hydrogens is 302 g/mol. The fraction of sp³-hybridized carbons (Fsp3) is 0.737. The predicted molar refractivity (Wildman–Crippen MR) is 93.1 cm³/mol. The van der Waals surface area contributed by atoms with E-state index in [2.05, 4.69) is 9.88 Å². The van der Waals surface area contributed by atoms with Crippen molar-refractivity contribution in [2.24, 2.45) is 0 Å². The molecule has 24 heavy (non-hydrogen) atoms. The Labute approximate surface area is 144 Å². The van der Waals surface area contributed by atoms with Crippen molar-refractivity contribution >= 4 is 5.97 Å². The van der Waals surface area contributed by atoms with E-state index in [1.807, 2.05) is 13.0 Å². The van der Waals surface area contributed by atoms with E-state index in [1.54, 1.807) is 0 Å². The predicted octanol–water partition coefficient (Wildman–Crippen LogP) is 3.31. The van der Waals surface area contributed by atoms with E-state index < -0.39 is 5.97 Å². The van der Waals surface area contributed by atoms with Crippen LogP contribution >= 0.6 is 0 Å². The van der Waals surface area contributed by atoms with Crippen molar-refractivity contribution in [1.29, 1.82) is 0 Å². The van der Waals surface area contributed by atoms with Crippen LogP contribution < -0.4 is 0 Å². The summed E-state index contributed by atoms with van der Waals surface area (Å²) in [6, 6.07) is 2.67. The van der Waals surface area contributed by atoms with Gasteiger partial charge in [-0.05, 0) is 45.2 Å². The van der Waals surface area contributed by atoms with Gasteiger partial charge in [0.15, 0.2) is 0 Å². The molecule has 1 saturated heterocycles. The number of piperidine rings is 1. The number of nitrogens with zero attached hydrogens (tertiary/aromatic N) is 3. The number of aryl methyl sites for hydroxylation is 2. The van der Waals surface area contributed by atoms with Crippen LogP contribution in [0.2, 0.25) is 0 Å². The first-order valence-electron chi connectivity index (χ1n) is 9.42. The lowest BCUT2D eigenvalue weighted by Crippen LogP contribution is -2.43. The summed E-state index contributed by atoms with van der Waals surface area (Å²) >= 11 is 0. The topological polar surface area (TPSA) is 66.3 Å². The third kappa shape index (κ3) is 4.53. The van der Waals surface area contributed by atoms with Gasteiger partial charge in [0.1, 0.15) is 5.82 Å². The summed E-state index contributed by atoms with van der Waals surface area (Å²) in [7, 11) is 0. The summed E-state index contributed by atoms with van der Waals surface area (Å²) in [6.45, 7) is 4.25. The van der Waals surface area contributed by atoms with Crippen molar-refractivity contribution in [3.05, 3.63) is 23.3 Å². The highest BCUT2D eigenvalue weighted by Gasteiger charge is 2.29. The molecule has 1 aliphatic heterocycles. The van der Waals surface area contributed by atoms with Gasteiger partial charge in [0.2, 0.25) is 0 Å². The summed E-state index contributed by atoms with van der Waals surface area (Å²) < 4.78 is 0. The lowest BCUT2D eigenvalue weighted by atomic mass is 9.90. The van der Waals surface area contributed by atoms with Crippen LogP contribution in [0.5, 0.6) is 0 Å². The number of carboxylic acids is 1. The molecule has 0 radical (unpaired) electrons. The van der Waals surface area contributed by atoms with Gasteiger partial charge in [-0.1, -0.05) is 19.3 Å². The maximum Gasteiger partial charge on any atom is 0.303 e. The SMILES string of the molecule is Cc1cc(CCC(=O)O)nc(C2CCCN(C3CCCCC3)C2)n1. The number of hydrogen-bond donors (Lipinski definition) is 1. The fourth-order valence-corrected chi connectivity index (χ4v) is 4.20. The molecule has 1 atom stereocenters. The Bertz CT molecular complexity index is 570. The fourth-order valence-electron chi connectivity index (χ4n) is 4.20. The third-order valence-corrected chi connectivity index (χ3v) is 5.43. The second-order valence-electron chi connectivity index (χ2n) is 7.38. The molecule has 1 aromatic heterocycles. The normalized spacial score (nSPS) is 23.3. The van der Waals surface area contributed by atoms with Crippen LogP contribution in [0.25, 0.3) is 0 Å². The summed E-state index contributed by atoms with van der Waals surface area (Å²) in [5.41, 5.74) is 1.82. The van der Waals surface area contributed by atoms with Crippen molar-refractivity contribution in [3.8, 4) is 0 Å². The van der Waals surface area contributed by atoms with Gasteiger partial charge in [-0.15, -0.1) is 0 Å². The Morgan fingerprint density at radius 3 is 2.75 bits per heavy atom. The summed E-state index contributed by atoms with van der Waals surface area (Å²) in [5, 5.41) is 8.89. The van der Waals surface area contributed by atoms with Crippen molar-refractivity contribution in [2.45, 2.75) is 76.7 Å². The van der Waals surface area contributed by atoms with Gasteiger partial charge in [-0.25, -0.2) is 9.97 Å². The Morgan fingerprint density at radius 2 is 2.00 bits per heavy atom. The smallest absolute Gasteiger partial charge is 0.303 e. The van der Waals surface area contributed by atoms with Crippen molar-refractivity contribution in [3.63, 3.8) is 0 Å². The highest BCUT2D eigenvalue weighted by Crippen LogP contribution is 2.30. The van der Waals surface area contributed by atoms with Gasteiger partial charge < -0.3 is 5.11 Å². The molecule has 1 N–H and O–H groups in total. The van der Waals surface area contributed by atoms with E-state index in [9.17, 15) is 4.79 Å². The first kappa shape index (κ1) is 17.3. The maximum absolute atomic E-state index is 10.8. The van der Waals surface area contributed by atoms with Crippen LogP contribution in [-0.4, -0.2) is 45.1 Å². The molecule has 0 bridgehead atoms. The molecule has 1 aliphatic carbocycles. The Kier molecular flexibility index (Phi) is 5.82. The zero-order valence-electron chi connectivity index (χ0n) is 14.7. The van der Waals surface area contributed by atoms with E-state index in [0.717, 1.165) is 36.2 Å². The molecular formula is C19H29N3O2. The molecule has 5 heteroatoms. The van der Waals surface area contributed by atoms with Crippen molar-refractivity contribution in [1.82, 2.24) is 14.9 Å². The molecule has 132 valence electrons. The summed E-state index contributed by atoms with van der Waals surface area (Å²) in [5.74, 6) is 0.550. The molecule has 5 nitrogen and oxygen atoms in total. The number of carbonyl (C=O) groups is 1. The number of likely N-dealkylation sites (tertiary alicyclic amines) is 1. The second kappa shape index (κ2) is 8.06. The lowest BCUT2D eigenvalue weighted by Gasteiger charge is -2.39. The Morgan fingerprint density at radius 1 is 1.21 bits per heavy atom. The number of hydrogen-bond acceptors (Lipinski definition) is 4.